The third kappa shape index (κ3) is 1.57. The molecule has 0 unspecified atom stereocenters. The highest BCUT2D eigenvalue weighted by Gasteiger charge is 2.47. The topological polar surface area (TPSA) is 26.3 Å². The molecule has 3 aliphatic rings. The Bertz CT molecular complexity index is 407. The van der Waals surface area contributed by atoms with Gasteiger partial charge in [-0.25, -0.2) is 0 Å². The molecule has 1 saturated heterocycles. The zero-order valence-electron chi connectivity index (χ0n) is 10.6. The molecule has 1 aliphatic heterocycles. The summed E-state index contributed by atoms with van der Waals surface area (Å²) < 4.78 is 5.51. The highest BCUT2D eigenvalue weighted by molar-refractivity contribution is 5.75. The molecule has 3 rings (SSSR count). The smallest absolute Gasteiger partial charge is 0.309 e. The summed E-state index contributed by atoms with van der Waals surface area (Å²) in [5.41, 5.74) is 2.78. The lowest BCUT2D eigenvalue weighted by atomic mass is 9.80. The first-order chi connectivity index (χ1) is 8.08. The van der Waals surface area contributed by atoms with Crippen LogP contribution in [0.1, 0.15) is 33.1 Å². The van der Waals surface area contributed by atoms with Crippen molar-refractivity contribution in [2.45, 2.75) is 39.2 Å². The monoisotopic (exact) mass is 232 g/mol. The summed E-state index contributed by atoms with van der Waals surface area (Å²) in [7, 11) is 0. The molecule has 5 atom stereocenters. The van der Waals surface area contributed by atoms with E-state index in [0.717, 1.165) is 19.3 Å². The van der Waals surface area contributed by atoms with Crippen molar-refractivity contribution in [3.8, 4) is 0 Å². The first-order valence-electron chi connectivity index (χ1n) is 6.62. The van der Waals surface area contributed by atoms with Crippen LogP contribution >= 0.6 is 0 Å². The fourth-order valence-corrected chi connectivity index (χ4v) is 3.84. The van der Waals surface area contributed by atoms with E-state index in [4.69, 9.17) is 4.74 Å². The second-order valence-electron chi connectivity index (χ2n) is 5.92. The normalized spacial score (nSPS) is 44.8. The van der Waals surface area contributed by atoms with Crippen molar-refractivity contribution in [1.82, 2.24) is 0 Å². The van der Waals surface area contributed by atoms with E-state index in [1.54, 1.807) is 0 Å². The largest absolute Gasteiger partial charge is 0.461 e. The number of rotatable bonds is 0. The van der Waals surface area contributed by atoms with Crippen LogP contribution in [0.15, 0.2) is 23.8 Å². The maximum Gasteiger partial charge on any atom is 0.309 e. The molecule has 2 fully saturated rings. The molecule has 0 N–H and O–H groups in total. The van der Waals surface area contributed by atoms with Crippen LogP contribution in [0.25, 0.3) is 0 Å². The van der Waals surface area contributed by atoms with Gasteiger partial charge in [-0.3, -0.25) is 4.79 Å². The first-order valence-corrected chi connectivity index (χ1v) is 6.62. The highest BCUT2D eigenvalue weighted by Crippen LogP contribution is 2.49. The average Bonchev–Trinajstić information content (AvgIpc) is 2.71. The zero-order valence-corrected chi connectivity index (χ0v) is 10.6. The molecule has 0 spiro atoms. The van der Waals surface area contributed by atoms with E-state index in [0.29, 0.717) is 17.8 Å². The van der Waals surface area contributed by atoms with Crippen LogP contribution in [0.2, 0.25) is 0 Å². The molecule has 92 valence electrons. The lowest BCUT2D eigenvalue weighted by molar-refractivity contribution is -0.143. The molecule has 0 aromatic carbocycles. The molecule has 1 heterocycles. The molecule has 2 heteroatoms. The van der Waals surface area contributed by atoms with E-state index >= 15 is 0 Å². The van der Waals surface area contributed by atoms with Gasteiger partial charge in [-0.1, -0.05) is 30.7 Å². The molecule has 0 amide bonds. The maximum atomic E-state index is 11.7. The Hall–Kier alpha value is -1.05. The van der Waals surface area contributed by atoms with Crippen molar-refractivity contribution in [3.05, 3.63) is 23.8 Å². The van der Waals surface area contributed by atoms with Crippen molar-refractivity contribution in [3.63, 3.8) is 0 Å². The third-order valence-corrected chi connectivity index (χ3v) is 5.04. The Morgan fingerprint density at radius 2 is 2.18 bits per heavy atom. The predicted octanol–water partition coefficient (Wildman–Crippen LogP) is 3.10. The minimum Gasteiger partial charge on any atom is -0.461 e. The molecule has 0 aromatic rings. The Morgan fingerprint density at radius 3 is 2.94 bits per heavy atom. The zero-order chi connectivity index (χ0) is 12.2. The first kappa shape index (κ1) is 11.1. The van der Waals surface area contributed by atoms with E-state index in [9.17, 15) is 4.79 Å². The Labute approximate surface area is 103 Å². The summed E-state index contributed by atoms with van der Waals surface area (Å²) in [6.07, 6.45) is 5.57. The van der Waals surface area contributed by atoms with Gasteiger partial charge in [0.1, 0.15) is 6.10 Å². The molecule has 2 aliphatic carbocycles. The second kappa shape index (κ2) is 3.72. The summed E-state index contributed by atoms with van der Waals surface area (Å²) in [6.45, 7) is 8.48. The number of carbonyl (C=O) groups excluding carboxylic acids is 1. The fraction of sp³-hybridized carbons (Fsp3) is 0.667. The van der Waals surface area contributed by atoms with Crippen LogP contribution in [0.4, 0.5) is 0 Å². The lowest BCUT2D eigenvalue weighted by Gasteiger charge is -2.22. The highest BCUT2D eigenvalue weighted by atomic mass is 16.6. The molecular formula is C15H20O2. The molecule has 0 bridgehead atoms. The molecule has 2 nitrogen and oxygen atoms in total. The van der Waals surface area contributed by atoms with Gasteiger partial charge in [-0.05, 0) is 31.6 Å². The number of esters is 1. The van der Waals surface area contributed by atoms with Crippen molar-refractivity contribution < 1.29 is 9.53 Å². The van der Waals surface area contributed by atoms with Gasteiger partial charge in [-0.15, -0.1) is 0 Å². The van der Waals surface area contributed by atoms with Gasteiger partial charge >= 0.3 is 5.97 Å². The van der Waals surface area contributed by atoms with E-state index in [1.165, 1.54) is 11.1 Å². The number of ether oxygens (including phenoxy) is 1. The van der Waals surface area contributed by atoms with Gasteiger partial charge in [0.25, 0.3) is 0 Å². The van der Waals surface area contributed by atoms with Crippen LogP contribution < -0.4 is 0 Å². The van der Waals surface area contributed by atoms with Gasteiger partial charge in [0, 0.05) is 12.3 Å². The number of hydrogen-bond donors (Lipinski definition) is 0. The molecule has 0 aromatic heterocycles. The van der Waals surface area contributed by atoms with Crippen LogP contribution in [0, 0.1) is 23.7 Å². The SMILES string of the molecule is C=C1C[C@H]2OC(=O)[C@H](C)[C@H]2C[C@H]2C(C)=CC[C@@H]12. The summed E-state index contributed by atoms with van der Waals surface area (Å²) in [5.74, 6) is 1.67. The minimum absolute atomic E-state index is 0.00844. The summed E-state index contributed by atoms with van der Waals surface area (Å²) in [4.78, 5) is 11.7. The minimum atomic E-state index is -0.00844. The van der Waals surface area contributed by atoms with Crippen LogP contribution in [-0.2, 0) is 9.53 Å². The quantitative estimate of drug-likeness (QED) is 0.474. The maximum absolute atomic E-state index is 11.7. The van der Waals surface area contributed by atoms with E-state index < -0.39 is 0 Å². The van der Waals surface area contributed by atoms with Crippen LogP contribution in [-0.4, -0.2) is 12.1 Å². The standard InChI is InChI=1S/C15H20O2/c1-8-4-5-11-9(2)6-14-13(7-12(8)11)10(3)15(16)17-14/h4,10-14H,2,5-7H2,1,3H3/t10-,11+,12+,13-,14-/m1/s1. The predicted molar refractivity (Wildman–Crippen MR) is 66.3 cm³/mol. The summed E-state index contributed by atoms with van der Waals surface area (Å²) >= 11 is 0. The van der Waals surface area contributed by atoms with Crippen molar-refractivity contribution >= 4 is 5.97 Å². The number of allylic oxidation sites excluding steroid dienone is 2. The van der Waals surface area contributed by atoms with Gasteiger partial charge < -0.3 is 4.74 Å². The Kier molecular flexibility index (Phi) is 2.42. The fourth-order valence-electron chi connectivity index (χ4n) is 3.84. The van der Waals surface area contributed by atoms with Crippen molar-refractivity contribution in [2.75, 3.05) is 0 Å². The second-order valence-corrected chi connectivity index (χ2v) is 5.92. The van der Waals surface area contributed by atoms with E-state index in [1.807, 2.05) is 6.92 Å². The number of fused-ring (bicyclic) bond motifs is 2. The van der Waals surface area contributed by atoms with Crippen LogP contribution in [0.5, 0.6) is 0 Å². The summed E-state index contributed by atoms with van der Waals surface area (Å²) in [5, 5.41) is 0. The molecule has 1 saturated carbocycles. The Morgan fingerprint density at radius 1 is 1.41 bits per heavy atom. The molecule has 0 radical (unpaired) electrons. The summed E-state index contributed by atoms with van der Waals surface area (Å²) in [6, 6.07) is 0. The van der Waals surface area contributed by atoms with E-state index in [2.05, 4.69) is 19.6 Å². The molecule has 17 heavy (non-hydrogen) atoms. The van der Waals surface area contributed by atoms with Crippen LogP contribution in [0.3, 0.4) is 0 Å². The average molecular weight is 232 g/mol. The van der Waals surface area contributed by atoms with Gasteiger partial charge in [-0.2, -0.15) is 0 Å². The van der Waals surface area contributed by atoms with Gasteiger partial charge in [0.15, 0.2) is 0 Å². The number of hydrogen-bond acceptors (Lipinski definition) is 2. The van der Waals surface area contributed by atoms with E-state index in [-0.39, 0.29) is 18.0 Å². The third-order valence-electron chi connectivity index (χ3n) is 5.04. The lowest BCUT2D eigenvalue weighted by Crippen LogP contribution is -2.20. The van der Waals surface area contributed by atoms with Crippen molar-refractivity contribution in [1.29, 1.82) is 0 Å². The number of carbonyl (C=O) groups is 1. The van der Waals surface area contributed by atoms with Crippen molar-refractivity contribution in [2.24, 2.45) is 23.7 Å². The van der Waals surface area contributed by atoms with Gasteiger partial charge in [0.2, 0.25) is 0 Å². The molecular weight excluding hydrogens is 212 g/mol. The van der Waals surface area contributed by atoms with Gasteiger partial charge in [0.05, 0.1) is 5.92 Å². The Balaban J connectivity index is 1.91.